The van der Waals surface area contributed by atoms with Gasteiger partial charge >= 0.3 is 0 Å². The van der Waals surface area contributed by atoms with Crippen LogP contribution in [-0.4, -0.2) is 21.1 Å². The molecular weight excluding hydrogens is 779 g/mol. The first-order chi connectivity index (χ1) is 30.9. The highest BCUT2D eigenvalue weighted by molar-refractivity contribution is 5.92. The number of hydrogen-bond acceptors (Lipinski definition) is 4. The minimum atomic E-state index is -0.0535. The number of phenols is 1. The van der Waals surface area contributed by atoms with E-state index in [1.165, 1.54) is 33.6 Å². The molecule has 0 fully saturated rings. The summed E-state index contributed by atoms with van der Waals surface area (Å²) in [6.45, 7) is 13.6. The lowest BCUT2D eigenvalue weighted by Crippen LogP contribution is -2.28. The average Bonchev–Trinajstić information content (AvgIpc) is 3.66. The molecule has 1 aliphatic heterocycles. The van der Waals surface area contributed by atoms with Gasteiger partial charge in [-0.15, -0.1) is 0 Å². The van der Waals surface area contributed by atoms with Gasteiger partial charge < -0.3 is 10.0 Å². The Morgan fingerprint density at radius 1 is 0.469 bits per heavy atom. The van der Waals surface area contributed by atoms with E-state index in [1.54, 1.807) is 6.07 Å². The number of pyridine rings is 2. The number of aromatic nitrogens is 2. The van der Waals surface area contributed by atoms with E-state index in [-0.39, 0.29) is 28.5 Å². The fourth-order valence-corrected chi connectivity index (χ4v) is 9.36. The number of fused-ring (bicyclic) bond motifs is 3. The number of rotatable bonds is 7. The molecule has 0 bridgehead atoms. The van der Waals surface area contributed by atoms with E-state index in [0.717, 1.165) is 50.3 Å². The fraction of sp³-hybridized carbons (Fsp3) is 0.167. The minimum Gasteiger partial charge on any atom is -0.507 e. The molecule has 64 heavy (non-hydrogen) atoms. The maximum absolute atomic E-state index is 11.2. The summed E-state index contributed by atoms with van der Waals surface area (Å²) in [5, 5.41) is 11.2. The molecule has 314 valence electrons. The molecule has 2 atom stereocenters. The topological polar surface area (TPSA) is 49.2 Å². The van der Waals surface area contributed by atoms with Crippen molar-refractivity contribution in [1.82, 2.24) is 9.97 Å². The van der Waals surface area contributed by atoms with Crippen molar-refractivity contribution in [3.8, 4) is 72.9 Å². The maximum atomic E-state index is 11.2. The SMILES string of the molecule is CC(C)(C)c1cc(-c2cc(-c3ccc(-c4ccccc4)c(-c4cc(-c5cccc6c5N(c5ccccc5)C5C=CC=CC65)ccn4)c3)nc(-c3ccccc3O)c2)cc(C(C)(C)C)c1. The van der Waals surface area contributed by atoms with E-state index in [9.17, 15) is 5.11 Å². The van der Waals surface area contributed by atoms with Gasteiger partial charge in [-0.2, -0.15) is 0 Å². The average molecular weight is 832 g/mol. The molecule has 0 amide bonds. The van der Waals surface area contributed by atoms with Crippen LogP contribution in [0.1, 0.15) is 64.2 Å². The lowest BCUT2D eigenvalue weighted by atomic mass is 9.79. The normalized spacial score (nSPS) is 15.6. The zero-order chi connectivity index (χ0) is 44.2. The standard InChI is InChI=1S/C60H53N3O/c1-59(2,3)44-32-42(33-45(38-44)60(4,5)6)43-36-53(62-55(37-43)51-23-14-16-27-57(51)64)41-28-29-47(39-18-9-7-10-19-39)52(34-41)54-35-40(30-31-61-54)48-24-17-25-50-49-22-13-15-26-56(49)63(58(48)50)46-20-11-8-12-21-46/h7-38,49,56,64H,1-6H3. The Morgan fingerprint density at radius 2 is 1.11 bits per heavy atom. The van der Waals surface area contributed by atoms with E-state index in [1.807, 2.05) is 24.4 Å². The molecule has 2 aromatic heterocycles. The second-order valence-electron chi connectivity index (χ2n) is 19.2. The second-order valence-corrected chi connectivity index (χ2v) is 19.2. The molecule has 4 heteroatoms. The number of phenolic OH excluding ortho intramolecular Hbond substituents is 1. The van der Waals surface area contributed by atoms with Crippen molar-refractivity contribution >= 4 is 11.4 Å². The maximum Gasteiger partial charge on any atom is 0.124 e. The van der Waals surface area contributed by atoms with Gasteiger partial charge in [-0.25, -0.2) is 4.98 Å². The quantitative estimate of drug-likeness (QED) is 0.174. The van der Waals surface area contributed by atoms with Crippen LogP contribution in [0.4, 0.5) is 11.4 Å². The van der Waals surface area contributed by atoms with Gasteiger partial charge in [-0.1, -0.05) is 175 Å². The largest absolute Gasteiger partial charge is 0.507 e. The molecular formula is C60H53N3O. The van der Waals surface area contributed by atoms with Crippen LogP contribution in [0.15, 0.2) is 194 Å². The van der Waals surface area contributed by atoms with E-state index >= 15 is 0 Å². The van der Waals surface area contributed by atoms with Crippen molar-refractivity contribution in [2.45, 2.75) is 64.3 Å². The monoisotopic (exact) mass is 831 g/mol. The molecule has 0 saturated heterocycles. The molecule has 1 N–H and O–H groups in total. The number of anilines is 2. The summed E-state index contributed by atoms with van der Waals surface area (Å²) >= 11 is 0. The first kappa shape index (κ1) is 40.8. The zero-order valence-electron chi connectivity index (χ0n) is 37.4. The predicted molar refractivity (Wildman–Crippen MR) is 267 cm³/mol. The highest BCUT2D eigenvalue weighted by Gasteiger charge is 2.39. The summed E-state index contributed by atoms with van der Waals surface area (Å²) in [6.07, 6.45) is 11.0. The van der Waals surface area contributed by atoms with Crippen LogP contribution < -0.4 is 4.90 Å². The van der Waals surface area contributed by atoms with E-state index in [2.05, 4.69) is 210 Å². The van der Waals surface area contributed by atoms with E-state index in [4.69, 9.17) is 9.97 Å². The molecule has 2 aliphatic rings. The van der Waals surface area contributed by atoms with Crippen molar-refractivity contribution in [1.29, 1.82) is 0 Å². The molecule has 0 saturated carbocycles. The predicted octanol–water partition coefficient (Wildman–Crippen LogP) is 15.5. The van der Waals surface area contributed by atoms with Gasteiger partial charge in [-0.05, 0) is 110 Å². The molecule has 4 nitrogen and oxygen atoms in total. The van der Waals surface area contributed by atoms with Crippen molar-refractivity contribution in [2.75, 3.05) is 4.90 Å². The van der Waals surface area contributed by atoms with Gasteiger partial charge in [0.15, 0.2) is 0 Å². The number of benzene rings is 6. The van der Waals surface area contributed by atoms with Gasteiger partial charge in [0.25, 0.3) is 0 Å². The third kappa shape index (κ3) is 7.64. The number of para-hydroxylation sites is 3. The highest BCUT2D eigenvalue weighted by Crippen LogP contribution is 2.52. The van der Waals surface area contributed by atoms with E-state index in [0.29, 0.717) is 11.3 Å². The Kier molecular flexibility index (Phi) is 10.3. The third-order valence-electron chi connectivity index (χ3n) is 12.9. The second kappa shape index (κ2) is 16.1. The van der Waals surface area contributed by atoms with E-state index < -0.39 is 0 Å². The first-order valence-corrected chi connectivity index (χ1v) is 22.4. The molecule has 0 spiro atoms. The Morgan fingerprint density at radius 3 is 1.84 bits per heavy atom. The van der Waals surface area contributed by atoms with Gasteiger partial charge in [0.1, 0.15) is 5.75 Å². The Bertz CT molecular complexity index is 3060. The van der Waals surface area contributed by atoms with Crippen LogP contribution in [0, 0.1) is 0 Å². The smallest absolute Gasteiger partial charge is 0.124 e. The Hall–Kier alpha value is -7.30. The van der Waals surface area contributed by atoms with Gasteiger partial charge in [0.2, 0.25) is 0 Å². The van der Waals surface area contributed by atoms with Crippen molar-refractivity contribution < 1.29 is 5.11 Å². The molecule has 3 heterocycles. The molecule has 6 aromatic carbocycles. The van der Waals surface area contributed by atoms with Gasteiger partial charge in [0, 0.05) is 40.1 Å². The molecule has 1 aliphatic carbocycles. The van der Waals surface area contributed by atoms with Crippen LogP contribution in [0.3, 0.4) is 0 Å². The summed E-state index contributed by atoms with van der Waals surface area (Å²) in [6, 6.07) is 58.1. The molecule has 2 unspecified atom stereocenters. The number of nitrogens with zero attached hydrogens (tertiary/aromatic N) is 3. The Labute approximate surface area is 378 Å². The third-order valence-corrected chi connectivity index (χ3v) is 12.9. The molecule has 10 rings (SSSR count). The highest BCUT2D eigenvalue weighted by atomic mass is 16.3. The zero-order valence-corrected chi connectivity index (χ0v) is 37.4. The molecule has 0 radical (unpaired) electrons. The van der Waals surface area contributed by atoms with Crippen LogP contribution >= 0.6 is 0 Å². The van der Waals surface area contributed by atoms with Crippen LogP contribution in [0.25, 0.3) is 67.2 Å². The van der Waals surface area contributed by atoms with Gasteiger partial charge in [-0.3, -0.25) is 4.98 Å². The Balaban J connectivity index is 1.16. The van der Waals surface area contributed by atoms with Crippen LogP contribution in [0.2, 0.25) is 0 Å². The summed E-state index contributed by atoms with van der Waals surface area (Å²) in [4.78, 5) is 12.9. The van der Waals surface area contributed by atoms with Gasteiger partial charge in [0.05, 0.1) is 28.8 Å². The lowest BCUT2D eigenvalue weighted by Gasteiger charge is -2.29. The van der Waals surface area contributed by atoms with Crippen molar-refractivity contribution in [2.24, 2.45) is 0 Å². The van der Waals surface area contributed by atoms with Crippen LogP contribution in [-0.2, 0) is 10.8 Å². The summed E-state index contributed by atoms with van der Waals surface area (Å²) in [5.41, 5.74) is 17.9. The fourth-order valence-electron chi connectivity index (χ4n) is 9.36. The molecule has 8 aromatic rings. The number of allylic oxidation sites excluding steroid dienone is 2. The lowest BCUT2D eigenvalue weighted by molar-refractivity contribution is 0.477. The first-order valence-electron chi connectivity index (χ1n) is 22.4. The summed E-state index contributed by atoms with van der Waals surface area (Å²) in [7, 11) is 0. The number of hydrogen-bond donors (Lipinski definition) is 1. The minimum absolute atomic E-state index is 0.0535. The van der Waals surface area contributed by atoms with Crippen LogP contribution in [0.5, 0.6) is 5.75 Å². The number of aromatic hydroxyl groups is 1. The summed E-state index contributed by atoms with van der Waals surface area (Å²) < 4.78 is 0. The van der Waals surface area contributed by atoms with Crippen molar-refractivity contribution in [3.63, 3.8) is 0 Å². The van der Waals surface area contributed by atoms with Crippen molar-refractivity contribution in [3.05, 3.63) is 211 Å². The summed E-state index contributed by atoms with van der Waals surface area (Å²) in [5.74, 6) is 0.451.